The molecule has 3 saturated carbocycles. The molecule has 2 heterocycles. The number of ether oxygens (including phenoxy) is 1. The van der Waals surface area contributed by atoms with E-state index in [1.807, 2.05) is 31.2 Å². The molecule has 0 amide bonds. The van der Waals surface area contributed by atoms with Crippen molar-refractivity contribution in [2.45, 2.75) is 57.5 Å². The van der Waals surface area contributed by atoms with Crippen LogP contribution in [-0.2, 0) is 9.53 Å². The number of allylic oxidation sites excluding steroid dienone is 2. The van der Waals surface area contributed by atoms with Gasteiger partial charge in [0, 0.05) is 18.4 Å². The third-order valence-corrected chi connectivity index (χ3v) is 8.63. The van der Waals surface area contributed by atoms with Crippen molar-refractivity contribution in [1.29, 1.82) is 0 Å². The molecule has 7 nitrogen and oxygen atoms in total. The number of aromatic nitrogens is 2. The number of imidazole rings is 1. The zero-order valence-corrected chi connectivity index (χ0v) is 22.6. The van der Waals surface area contributed by atoms with E-state index in [2.05, 4.69) is 39.0 Å². The van der Waals surface area contributed by atoms with Gasteiger partial charge in [-0.15, -0.1) is 0 Å². The molecular weight excluding hydrogens is 507 g/mol. The lowest BCUT2D eigenvalue weighted by atomic mass is 9.58. The van der Waals surface area contributed by atoms with E-state index < -0.39 is 17.2 Å². The van der Waals surface area contributed by atoms with Crippen LogP contribution < -0.4 is 5.32 Å². The smallest absolute Gasteiger partial charge is 0.309 e. The van der Waals surface area contributed by atoms with Crippen molar-refractivity contribution in [2.24, 2.45) is 10.4 Å². The van der Waals surface area contributed by atoms with Gasteiger partial charge >= 0.3 is 5.97 Å². The van der Waals surface area contributed by atoms with Gasteiger partial charge in [-0.25, -0.2) is 14.4 Å². The zero-order chi connectivity index (χ0) is 27.9. The first-order valence-corrected chi connectivity index (χ1v) is 13.9. The van der Waals surface area contributed by atoms with Gasteiger partial charge in [0.1, 0.15) is 17.2 Å². The van der Waals surface area contributed by atoms with Crippen LogP contribution in [0.15, 0.2) is 59.9 Å². The number of rotatable bonds is 8. The summed E-state index contributed by atoms with van der Waals surface area (Å²) in [6.45, 7) is 6.88. The summed E-state index contributed by atoms with van der Waals surface area (Å²) in [7, 11) is 0. The maximum atomic E-state index is 15.3. The van der Waals surface area contributed by atoms with E-state index in [1.165, 1.54) is 6.07 Å². The molecule has 4 aliphatic rings. The fourth-order valence-electron chi connectivity index (χ4n) is 6.11. The summed E-state index contributed by atoms with van der Waals surface area (Å²) in [4.78, 5) is 24.2. The number of aliphatic imine (C=N–C) groups is 1. The number of carboxylic acids is 1. The minimum Gasteiger partial charge on any atom is -0.481 e. The number of anilines is 1. The van der Waals surface area contributed by atoms with Gasteiger partial charge in [-0.05, 0) is 92.0 Å². The normalized spacial score (nSPS) is 23.8. The molecule has 8 heteroatoms. The number of aromatic amines is 1. The van der Waals surface area contributed by atoms with Crippen LogP contribution in [-0.4, -0.2) is 39.4 Å². The van der Waals surface area contributed by atoms with E-state index in [9.17, 15) is 9.90 Å². The molecule has 0 unspecified atom stereocenters. The number of nitrogens with one attached hydrogen (secondary N) is 2. The number of carboxylic acid groups (broad SMARTS) is 1. The standard InChI is InChI=1S/C32H33FN4O3/c1-3-5-28(40-32-12-9-31(10-13-32,11-14-32)30(38)39)35-19-20(2)21-7-8-23(24(33)16-21)29-36-26-17-22-6-4-15-34-25(22)18-27(26)37-29/h4-8,16-19,34H,2-3,9-15H2,1H3,(H,36,37)(H,38,39). The van der Waals surface area contributed by atoms with Crippen molar-refractivity contribution in [2.75, 3.05) is 11.9 Å². The van der Waals surface area contributed by atoms with E-state index in [0.717, 1.165) is 35.2 Å². The molecule has 40 heavy (non-hydrogen) atoms. The predicted octanol–water partition coefficient (Wildman–Crippen LogP) is 7.34. The number of H-pyrrole nitrogens is 1. The molecule has 1 aromatic heterocycles. The van der Waals surface area contributed by atoms with Crippen LogP contribution >= 0.6 is 0 Å². The molecular formula is C32H33FN4O3. The highest BCUT2D eigenvalue weighted by atomic mass is 19.1. The minimum atomic E-state index is -0.688. The highest BCUT2D eigenvalue weighted by Gasteiger charge is 2.54. The largest absolute Gasteiger partial charge is 0.481 e. The summed E-state index contributed by atoms with van der Waals surface area (Å²) in [6, 6.07) is 8.95. The first-order valence-electron chi connectivity index (χ1n) is 13.9. The van der Waals surface area contributed by atoms with E-state index in [-0.39, 0.29) is 5.60 Å². The van der Waals surface area contributed by atoms with Gasteiger partial charge in [0.2, 0.25) is 5.88 Å². The summed E-state index contributed by atoms with van der Waals surface area (Å²) in [5, 5.41) is 13.0. The summed E-state index contributed by atoms with van der Waals surface area (Å²) in [5.74, 6) is -0.122. The van der Waals surface area contributed by atoms with Crippen molar-refractivity contribution in [3.63, 3.8) is 0 Å². The Bertz CT molecular complexity index is 1570. The average Bonchev–Trinajstić information content (AvgIpc) is 3.37. The molecule has 0 radical (unpaired) electrons. The first-order chi connectivity index (χ1) is 19.3. The lowest BCUT2D eigenvalue weighted by Crippen LogP contribution is -2.50. The van der Waals surface area contributed by atoms with Gasteiger partial charge in [0.15, 0.2) is 0 Å². The summed E-state index contributed by atoms with van der Waals surface area (Å²) in [6.07, 6.45) is 12.4. The zero-order valence-electron chi connectivity index (χ0n) is 22.6. The van der Waals surface area contributed by atoms with Crippen molar-refractivity contribution in [1.82, 2.24) is 9.97 Å². The SMILES string of the molecule is C=C(C=NC(=CCC)OC12CCC(C(=O)O)(CC1)CC2)c1ccc(-c2nc3cc4c(cc3[nH]2)C=CCN4)c(F)c1. The van der Waals surface area contributed by atoms with Crippen LogP contribution in [0.2, 0.25) is 0 Å². The first kappa shape index (κ1) is 26.0. The fraction of sp³-hybridized carbons (Fsp3) is 0.344. The van der Waals surface area contributed by atoms with Gasteiger partial charge in [0.05, 0.1) is 22.0 Å². The molecule has 3 N–H and O–H groups in total. The minimum absolute atomic E-state index is 0.372. The molecule has 0 spiro atoms. The van der Waals surface area contributed by atoms with Gasteiger partial charge < -0.3 is 20.1 Å². The maximum Gasteiger partial charge on any atom is 0.309 e. The molecule has 2 aromatic carbocycles. The second-order valence-corrected chi connectivity index (χ2v) is 11.1. The Labute approximate surface area is 232 Å². The second-order valence-electron chi connectivity index (χ2n) is 11.1. The van der Waals surface area contributed by atoms with Gasteiger partial charge in [-0.2, -0.15) is 0 Å². The van der Waals surface area contributed by atoms with Crippen LogP contribution in [0.1, 0.15) is 63.0 Å². The number of carbonyl (C=O) groups is 1. The van der Waals surface area contributed by atoms with E-state index in [1.54, 1.807) is 12.3 Å². The number of aliphatic carboxylic acids is 1. The Morgan fingerprint density at radius 2 is 1.98 bits per heavy atom. The van der Waals surface area contributed by atoms with Crippen molar-refractivity contribution in [3.05, 3.63) is 71.9 Å². The number of halogens is 1. The number of hydrogen-bond donors (Lipinski definition) is 3. The Kier molecular flexibility index (Phi) is 6.56. The molecule has 2 bridgehead atoms. The van der Waals surface area contributed by atoms with Crippen LogP contribution in [0.25, 0.3) is 34.1 Å². The monoisotopic (exact) mass is 540 g/mol. The number of hydrogen-bond acceptors (Lipinski definition) is 5. The second kappa shape index (κ2) is 10.1. The molecule has 7 rings (SSSR count). The molecule has 206 valence electrons. The Morgan fingerprint density at radius 1 is 1.20 bits per heavy atom. The number of benzene rings is 2. The number of nitrogens with zero attached hydrogens (tertiary/aromatic N) is 2. The Morgan fingerprint density at radius 3 is 2.67 bits per heavy atom. The van der Waals surface area contributed by atoms with Gasteiger partial charge in [-0.3, -0.25) is 4.79 Å². The topological polar surface area (TPSA) is 99.6 Å². The molecule has 3 aromatic rings. The molecule has 1 aliphatic heterocycles. The van der Waals surface area contributed by atoms with E-state index in [0.29, 0.717) is 66.9 Å². The van der Waals surface area contributed by atoms with Crippen LogP contribution in [0.4, 0.5) is 10.1 Å². The lowest BCUT2D eigenvalue weighted by Gasteiger charge is -2.50. The van der Waals surface area contributed by atoms with Crippen molar-refractivity contribution >= 4 is 40.6 Å². The Balaban J connectivity index is 1.17. The van der Waals surface area contributed by atoms with E-state index in [4.69, 9.17) is 4.74 Å². The lowest BCUT2D eigenvalue weighted by molar-refractivity contribution is -0.167. The van der Waals surface area contributed by atoms with Crippen LogP contribution in [0, 0.1) is 11.2 Å². The third kappa shape index (κ3) is 4.72. The highest BCUT2D eigenvalue weighted by molar-refractivity contribution is 6.09. The maximum absolute atomic E-state index is 15.3. The van der Waals surface area contributed by atoms with Crippen molar-refractivity contribution in [3.8, 4) is 11.4 Å². The van der Waals surface area contributed by atoms with Crippen molar-refractivity contribution < 1.29 is 19.0 Å². The molecule has 3 fully saturated rings. The number of fused-ring (bicyclic) bond motifs is 5. The highest BCUT2D eigenvalue weighted by Crippen LogP contribution is 2.54. The summed E-state index contributed by atoms with van der Waals surface area (Å²) in [5.41, 5.74) is 4.29. The van der Waals surface area contributed by atoms with Crippen LogP contribution in [0.5, 0.6) is 0 Å². The van der Waals surface area contributed by atoms with Gasteiger partial charge in [0.25, 0.3) is 0 Å². The van der Waals surface area contributed by atoms with Crippen LogP contribution in [0.3, 0.4) is 0 Å². The average molecular weight is 541 g/mol. The third-order valence-electron chi connectivity index (χ3n) is 8.63. The summed E-state index contributed by atoms with van der Waals surface area (Å²) < 4.78 is 21.7. The quantitative estimate of drug-likeness (QED) is 0.205. The molecule has 0 saturated heterocycles. The molecule has 0 atom stereocenters. The van der Waals surface area contributed by atoms with E-state index >= 15 is 4.39 Å². The predicted molar refractivity (Wildman–Crippen MR) is 156 cm³/mol. The molecule has 3 aliphatic carbocycles. The summed E-state index contributed by atoms with van der Waals surface area (Å²) >= 11 is 0. The Hall–Kier alpha value is -4.20. The fourth-order valence-corrected chi connectivity index (χ4v) is 6.11. The van der Waals surface area contributed by atoms with Gasteiger partial charge in [-0.1, -0.05) is 31.7 Å².